The minimum absolute atomic E-state index is 0.336. The van der Waals surface area contributed by atoms with E-state index in [0.29, 0.717) is 12.8 Å². The zero-order valence-electron chi connectivity index (χ0n) is 11.4. The van der Waals surface area contributed by atoms with Gasteiger partial charge in [0.2, 0.25) is 6.79 Å². The van der Waals surface area contributed by atoms with Crippen LogP contribution in [0.25, 0.3) is 0 Å². The third-order valence-corrected chi connectivity index (χ3v) is 3.13. The van der Waals surface area contributed by atoms with Gasteiger partial charge in [0.1, 0.15) is 0 Å². The molecule has 0 aliphatic carbocycles. The van der Waals surface area contributed by atoms with Crippen molar-refractivity contribution in [2.75, 3.05) is 27.4 Å². The van der Waals surface area contributed by atoms with E-state index in [1.807, 2.05) is 12.1 Å². The van der Waals surface area contributed by atoms with E-state index in [2.05, 4.69) is 37.3 Å². The van der Waals surface area contributed by atoms with Crippen LogP contribution in [0, 0.1) is 0 Å². The highest BCUT2D eigenvalue weighted by Crippen LogP contribution is 2.35. The average Bonchev–Trinajstić information content (AvgIpc) is 2.82. The maximum absolute atomic E-state index is 5.49. The summed E-state index contributed by atoms with van der Waals surface area (Å²) >= 11 is 0. The van der Waals surface area contributed by atoms with Crippen molar-refractivity contribution >= 4 is 0 Å². The lowest BCUT2D eigenvalue weighted by atomic mass is 10.1. The van der Waals surface area contributed by atoms with Gasteiger partial charge < -0.3 is 19.7 Å². The summed E-state index contributed by atoms with van der Waals surface area (Å²) in [5.74, 6) is 1.75. The van der Waals surface area contributed by atoms with E-state index in [-0.39, 0.29) is 0 Å². The fourth-order valence-electron chi connectivity index (χ4n) is 1.97. The van der Waals surface area contributed by atoms with Crippen LogP contribution in [0.1, 0.15) is 18.9 Å². The number of para-hydroxylation sites is 1. The van der Waals surface area contributed by atoms with Crippen LogP contribution in [0.5, 0.6) is 11.5 Å². The molecule has 0 saturated heterocycles. The Hall–Kier alpha value is -1.26. The lowest BCUT2D eigenvalue weighted by molar-refractivity contribution is 0.173. The summed E-state index contributed by atoms with van der Waals surface area (Å²) in [6, 6.07) is 6.53. The second-order valence-corrected chi connectivity index (χ2v) is 5.02. The molecule has 0 radical (unpaired) electrons. The zero-order valence-corrected chi connectivity index (χ0v) is 11.4. The van der Waals surface area contributed by atoms with Crippen LogP contribution in [0.15, 0.2) is 18.2 Å². The van der Waals surface area contributed by atoms with E-state index < -0.39 is 0 Å². The second kappa shape index (κ2) is 6.07. The molecule has 100 valence electrons. The van der Waals surface area contributed by atoms with Crippen LogP contribution in [0.3, 0.4) is 0 Å². The van der Waals surface area contributed by atoms with Crippen LogP contribution in [-0.2, 0) is 6.54 Å². The van der Waals surface area contributed by atoms with Crippen molar-refractivity contribution in [3.05, 3.63) is 23.8 Å². The Balaban J connectivity index is 1.85. The van der Waals surface area contributed by atoms with Crippen molar-refractivity contribution < 1.29 is 9.47 Å². The first-order valence-corrected chi connectivity index (χ1v) is 6.42. The van der Waals surface area contributed by atoms with Gasteiger partial charge >= 0.3 is 0 Å². The van der Waals surface area contributed by atoms with Gasteiger partial charge in [0.25, 0.3) is 0 Å². The molecule has 4 nitrogen and oxygen atoms in total. The molecular formula is C14H22N2O2. The van der Waals surface area contributed by atoms with Crippen LogP contribution < -0.4 is 14.8 Å². The van der Waals surface area contributed by atoms with Crippen molar-refractivity contribution in [1.82, 2.24) is 10.2 Å². The Morgan fingerprint density at radius 3 is 2.94 bits per heavy atom. The summed E-state index contributed by atoms with van der Waals surface area (Å²) in [7, 11) is 4.20. The number of fused-ring (bicyclic) bond motifs is 1. The molecule has 0 spiro atoms. The van der Waals surface area contributed by atoms with Crippen molar-refractivity contribution in [1.29, 1.82) is 0 Å². The fourth-order valence-corrected chi connectivity index (χ4v) is 1.97. The number of hydrogen-bond acceptors (Lipinski definition) is 4. The van der Waals surface area contributed by atoms with Gasteiger partial charge in [0, 0.05) is 18.2 Å². The summed E-state index contributed by atoms with van der Waals surface area (Å²) in [5.41, 5.74) is 1.17. The van der Waals surface area contributed by atoms with Gasteiger partial charge in [-0.05, 0) is 40.1 Å². The standard InChI is InChI=1S/C14H22N2O2/c1-11(7-8-16(2)3)15-9-12-5-4-6-13-14(12)18-10-17-13/h4-6,11,15H,7-10H2,1-3H3. The van der Waals surface area contributed by atoms with Gasteiger partial charge in [-0.1, -0.05) is 12.1 Å². The molecule has 0 fully saturated rings. The van der Waals surface area contributed by atoms with Crippen LogP contribution in [0.2, 0.25) is 0 Å². The molecule has 4 heteroatoms. The van der Waals surface area contributed by atoms with E-state index in [1.165, 1.54) is 5.56 Å². The van der Waals surface area contributed by atoms with Crippen molar-refractivity contribution in [2.45, 2.75) is 25.9 Å². The molecule has 1 aromatic carbocycles. The van der Waals surface area contributed by atoms with Gasteiger partial charge in [-0.3, -0.25) is 0 Å². The molecule has 0 saturated carbocycles. The van der Waals surface area contributed by atoms with Crippen LogP contribution in [0.4, 0.5) is 0 Å². The van der Waals surface area contributed by atoms with E-state index in [0.717, 1.165) is 31.0 Å². The maximum atomic E-state index is 5.49. The van der Waals surface area contributed by atoms with E-state index in [4.69, 9.17) is 9.47 Å². The minimum Gasteiger partial charge on any atom is -0.454 e. The Labute approximate surface area is 109 Å². The molecule has 0 aromatic heterocycles. The third kappa shape index (κ3) is 3.37. The molecule has 1 aliphatic heterocycles. The first kappa shape index (κ1) is 13.2. The van der Waals surface area contributed by atoms with Gasteiger partial charge in [0.05, 0.1) is 0 Å². The third-order valence-electron chi connectivity index (χ3n) is 3.13. The summed E-state index contributed by atoms with van der Waals surface area (Å²) in [5, 5.41) is 3.52. The highest BCUT2D eigenvalue weighted by Gasteiger charge is 2.17. The van der Waals surface area contributed by atoms with Gasteiger partial charge in [-0.25, -0.2) is 0 Å². The Morgan fingerprint density at radius 1 is 1.33 bits per heavy atom. The molecular weight excluding hydrogens is 228 g/mol. The number of benzene rings is 1. The molecule has 1 aliphatic rings. The largest absolute Gasteiger partial charge is 0.454 e. The van der Waals surface area contributed by atoms with Crippen LogP contribution in [-0.4, -0.2) is 38.4 Å². The first-order valence-electron chi connectivity index (χ1n) is 6.42. The lowest BCUT2D eigenvalue weighted by Crippen LogP contribution is -2.29. The molecule has 2 rings (SSSR count). The summed E-state index contributed by atoms with van der Waals surface area (Å²) in [4.78, 5) is 2.20. The molecule has 0 bridgehead atoms. The normalized spacial score (nSPS) is 15.1. The smallest absolute Gasteiger partial charge is 0.231 e. The predicted molar refractivity (Wildman–Crippen MR) is 72.0 cm³/mol. The fraction of sp³-hybridized carbons (Fsp3) is 0.571. The molecule has 1 unspecified atom stereocenters. The van der Waals surface area contributed by atoms with Gasteiger partial charge in [-0.15, -0.1) is 0 Å². The summed E-state index contributed by atoms with van der Waals surface area (Å²) in [6.07, 6.45) is 1.14. The number of hydrogen-bond donors (Lipinski definition) is 1. The van der Waals surface area contributed by atoms with E-state index in [1.54, 1.807) is 0 Å². The Bertz CT molecular complexity index is 393. The predicted octanol–water partition coefficient (Wildman–Crippen LogP) is 1.85. The first-order chi connectivity index (χ1) is 8.66. The number of rotatable bonds is 6. The number of nitrogens with one attached hydrogen (secondary N) is 1. The highest BCUT2D eigenvalue weighted by molar-refractivity contribution is 5.48. The SMILES string of the molecule is CC(CCN(C)C)NCc1cccc2c1OCO2. The van der Waals surface area contributed by atoms with Crippen LogP contribution >= 0.6 is 0 Å². The van der Waals surface area contributed by atoms with Crippen molar-refractivity contribution in [3.8, 4) is 11.5 Å². The van der Waals surface area contributed by atoms with E-state index >= 15 is 0 Å². The molecule has 18 heavy (non-hydrogen) atoms. The Morgan fingerprint density at radius 2 is 2.17 bits per heavy atom. The minimum atomic E-state index is 0.336. The van der Waals surface area contributed by atoms with E-state index in [9.17, 15) is 0 Å². The molecule has 0 amide bonds. The zero-order chi connectivity index (χ0) is 13.0. The van der Waals surface area contributed by atoms with Crippen molar-refractivity contribution in [3.63, 3.8) is 0 Å². The topological polar surface area (TPSA) is 33.7 Å². The molecule has 1 aromatic rings. The van der Waals surface area contributed by atoms with Crippen molar-refractivity contribution in [2.24, 2.45) is 0 Å². The number of ether oxygens (including phenoxy) is 2. The second-order valence-electron chi connectivity index (χ2n) is 5.02. The Kier molecular flexibility index (Phi) is 4.44. The summed E-state index contributed by atoms with van der Waals surface area (Å²) in [6.45, 7) is 4.47. The maximum Gasteiger partial charge on any atom is 0.231 e. The quantitative estimate of drug-likeness (QED) is 0.835. The lowest BCUT2D eigenvalue weighted by Gasteiger charge is -2.17. The monoisotopic (exact) mass is 250 g/mol. The average molecular weight is 250 g/mol. The van der Waals surface area contributed by atoms with Gasteiger partial charge in [0.15, 0.2) is 11.5 Å². The molecule has 1 atom stereocenters. The summed E-state index contributed by atoms with van der Waals surface area (Å²) < 4.78 is 10.9. The van der Waals surface area contributed by atoms with Gasteiger partial charge in [-0.2, -0.15) is 0 Å². The number of nitrogens with zero attached hydrogens (tertiary/aromatic N) is 1. The molecule has 1 N–H and O–H groups in total. The highest BCUT2D eigenvalue weighted by atomic mass is 16.7. The molecule has 1 heterocycles.